The smallest absolute Gasteiger partial charge is 0.416 e. The van der Waals surface area contributed by atoms with Crippen LogP contribution in [0.15, 0.2) is 46.9 Å². The predicted molar refractivity (Wildman–Crippen MR) is 105 cm³/mol. The van der Waals surface area contributed by atoms with Crippen molar-refractivity contribution in [3.05, 3.63) is 64.9 Å². The first-order valence-electron chi connectivity index (χ1n) is 9.65. The molecule has 1 unspecified atom stereocenters. The Morgan fingerprint density at radius 3 is 2.83 bits per heavy atom. The van der Waals surface area contributed by atoms with Gasteiger partial charge < -0.3 is 19.8 Å². The molecule has 1 aromatic heterocycles. The van der Waals surface area contributed by atoms with E-state index in [1.165, 1.54) is 6.07 Å². The van der Waals surface area contributed by atoms with Gasteiger partial charge in [0.25, 0.3) is 5.91 Å². The molecule has 1 fully saturated rings. The van der Waals surface area contributed by atoms with Crippen LogP contribution in [0.25, 0.3) is 11.0 Å². The normalized spacial score (nSPS) is 16.7. The van der Waals surface area contributed by atoms with Crippen molar-refractivity contribution >= 4 is 16.9 Å². The van der Waals surface area contributed by atoms with E-state index in [-0.39, 0.29) is 18.6 Å². The number of fused-ring (bicyclic) bond motifs is 1. The molecule has 0 aliphatic carbocycles. The molecule has 3 aromatic rings. The number of aryl methyl sites for hydroxylation is 1. The first kappa shape index (κ1) is 20.3. The van der Waals surface area contributed by atoms with Gasteiger partial charge in [0.2, 0.25) is 0 Å². The number of ether oxygens (including phenoxy) is 1. The average molecular weight is 418 g/mol. The first-order valence-corrected chi connectivity index (χ1v) is 9.65. The number of halogens is 3. The number of amides is 1. The van der Waals surface area contributed by atoms with E-state index >= 15 is 0 Å². The van der Waals surface area contributed by atoms with Crippen LogP contribution in [0.2, 0.25) is 0 Å². The standard InChI is InChI=1S/C22H21F3N2O3/c1-13-20(21(28)27-16-7-8-26-11-16)18-10-17(5-6-19(18)30-13)29-12-14-3-2-4-15(9-14)22(23,24)25/h2-6,9-10,16,26H,7-8,11-12H2,1H3,(H,27,28). The van der Waals surface area contributed by atoms with Crippen molar-refractivity contribution in [3.8, 4) is 5.75 Å². The summed E-state index contributed by atoms with van der Waals surface area (Å²) >= 11 is 0. The lowest BCUT2D eigenvalue weighted by atomic mass is 10.1. The van der Waals surface area contributed by atoms with E-state index in [0.29, 0.717) is 33.6 Å². The largest absolute Gasteiger partial charge is 0.489 e. The molecule has 5 nitrogen and oxygen atoms in total. The number of alkyl halides is 3. The van der Waals surface area contributed by atoms with Gasteiger partial charge in [-0.2, -0.15) is 13.2 Å². The molecular formula is C22H21F3N2O3. The molecule has 0 radical (unpaired) electrons. The van der Waals surface area contributed by atoms with Gasteiger partial charge in [-0.1, -0.05) is 12.1 Å². The third-order valence-electron chi connectivity index (χ3n) is 5.12. The van der Waals surface area contributed by atoms with E-state index in [4.69, 9.17) is 9.15 Å². The van der Waals surface area contributed by atoms with Gasteiger partial charge in [-0.15, -0.1) is 0 Å². The Hall–Kier alpha value is -3.00. The highest BCUT2D eigenvalue weighted by Crippen LogP contribution is 2.31. The number of rotatable bonds is 5. The van der Waals surface area contributed by atoms with Crippen LogP contribution in [0.5, 0.6) is 5.75 Å². The van der Waals surface area contributed by atoms with Crippen molar-refractivity contribution in [1.82, 2.24) is 10.6 Å². The Balaban J connectivity index is 1.53. The van der Waals surface area contributed by atoms with Gasteiger partial charge in [0.05, 0.1) is 11.1 Å². The van der Waals surface area contributed by atoms with Crippen molar-refractivity contribution in [3.63, 3.8) is 0 Å². The number of carbonyl (C=O) groups is 1. The van der Waals surface area contributed by atoms with Crippen molar-refractivity contribution in [1.29, 1.82) is 0 Å². The molecule has 2 N–H and O–H groups in total. The molecule has 1 saturated heterocycles. The topological polar surface area (TPSA) is 63.5 Å². The Kier molecular flexibility index (Phi) is 5.42. The lowest BCUT2D eigenvalue weighted by Crippen LogP contribution is -2.36. The van der Waals surface area contributed by atoms with Crippen LogP contribution < -0.4 is 15.4 Å². The van der Waals surface area contributed by atoms with Crippen LogP contribution >= 0.6 is 0 Å². The Bertz CT molecular complexity index is 1070. The average Bonchev–Trinajstić information content (AvgIpc) is 3.32. The zero-order valence-electron chi connectivity index (χ0n) is 16.3. The minimum atomic E-state index is -4.40. The molecule has 8 heteroatoms. The number of hydrogen-bond acceptors (Lipinski definition) is 4. The minimum Gasteiger partial charge on any atom is -0.489 e. The van der Waals surface area contributed by atoms with E-state index in [2.05, 4.69) is 10.6 Å². The quantitative estimate of drug-likeness (QED) is 0.644. The van der Waals surface area contributed by atoms with Crippen molar-refractivity contribution in [2.75, 3.05) is 13.1 Å². The lowest BCUT2D eigenvalue weighted by Gasteiger charge is -2.11. The summed E-state index contributed by atoms with van der Waals surface area (Å²) in [5, 5.41) is 6.81. The van der Waals surface area contributed by atoms with Gasteiger partial charge in [-0.25, -0.2) is 0 Å². The molecule has 0 bridgehead atoms. The van der Waals surface area contributed by atoms with E-state index in [0.717, 1.165) is 31.6 Å². The number of nitrogens with one attached hydrogen (secondary N) is 2. The van der Waals surface area contributed by atoms with E-state index in [9.17, 15) is 18.0 Å². The fourth-order valence-corrected chi connectivity index (χ4v) is 3.61. The van der Waals surface area contributed by atoms with Gasteiger partial charge in [0.15, 0.2) is 0 Å². The van der Waals surface area contributed by atoms with Crippen molar-refractivity contribution < 1.29 is 27.1 Å². The molecule has 2 aromatic carbocycles. The summed E-state index contributed by atoms with van der Waals surface area (Å²) < 4.78 is 50.0. The monoisotopic (exact) mass is 418 g/mol. The molecule has 2 heterocycles. The summed E-state index contributed by atoms with van der Waals surface area (Å²) in [6, 6.07) is 10.1. The summed E-state index contributed by atoms with van der Waals surface area (Å²) in [6.07, 6.45) is -3.54. The van der Waals surface area contributed by atoms with Crippen LogP contribution in [0, 0.1) is 6.92 Å². The van der Waals surface area contributed by atoms with Crippen LogP contribution in [0.3, 0.4) is 0 Å². The highest BCUT2D eigenvalue weighted by Gasteiger charge is 2.30. The number of furan rings is 1. The van der Waals surface area contributed by atoms with Gasteiger partial charge >= 0.3 is 6.18 Å². The highest BCUT2D eigenvalue weighted by molar-refractivity contribution is 6.07. The Labute approximate surface area is 171 Å². The van der Waals surface area contributed by atoms with Crippen LogP contribution in [0.1, 0.15) is 33.7 Å². The second-order valence-electron chi connectivity index (χ2n) is 7.34. The molecule has 30 heavy (non-hydrogen) atoms. The van der Waals surface area contributed by atoms with E-state index in [1.807, 2.05) is 0 Å². The minimum absolute atomic E-state index is 0.0263. The summed E-state index contributed by atoms with van der Waals surface area (Å²) in [7, 11) is 0. The van der Waals surface area contributed by atoms with Crippen LogP contribution in [-0.2, 0) is 12.8 Å². The fraction of sp³-hybridized carbons (Fsp3) is 0.318. The second-order valence-corrected chi connectivity index (χ2v) is 7.34. The molecular weight excluding hydrogens is 397 g/mol. The molecule has 1 aliphatic rings. The maximum Gasteiger partial charge on any atom is 0.416 e. The third kappa shape index (κ3) is 4.28. The lowest BCUT2D eigenvalue weighted by molar-refractivity contribution is -0.137. The SMILES string of the molecule is Cc1oc2ccc(OCc3cccc(C(F)(F)F)c3)cc2c1C(=O)NC1CCNC1. The van der Waals surface area contributed by atoms with E-state index < -0.39 is 11.7 Å². The van der Waals surface area contributed by atoms with Gasteiger partial charge in [-0.3, -0.25) is 4.79 Å². The number of carbonyl (C=O) groups excluding carboxylic acids is 1. The molecule has 0 spiro atoms. The zero-order chi connectivity index (χ0) is 21.3. The molecule has 1 aliphatic heterocycles. The van der Waals surface area contributed by atoms with Gasteiger partial charge in [0, 0.05) is 18.0 Å². The zero-order valence-corrected chi connectivity index (χ0v) is 16.3. The summed E-state index contributed by atoms with van der Waals surface area (Å²) in [6.45, 7) is 3.29. The van der Waals surface area contributed by atoms with Gasteiger partial charge in [0.1, 0.15) is 23.7 Å². The molecule has 4 rings (SSSR count). The molecule has 0 saturated carbocycles. The highest BCUT2D eigenvalue weighted by atomic mass is 19.4. The maximum absolute atomic E-state index is 12.9. The first-order chi connectivity index (χ1) is 14.3. The maximum atomic E-state index is 12.9. The molecule has 1 amide bonds. The Morgan fingerprint density at radius 2 is 2.10 bits per heavy atom. The number of benzene rings is 2. The van der Waals surface area contributed by atoms with Gasteiger partial charge in [-0.05, 0) is 55.8 Å². The molecule has 158 valence electrons. The summed E-state index contributed by atoms with van der Waals surface area (Å²) in [5.41, 5.74) is 0.680. The Morgan fingerprint density at radius 1 is 1.27 bits per heavy atom. The van der Waals surface area contributed by atoms with Crippen LogP contribution in [-0.4, -0.2) is 25.0 Å². The van der Waals surface area contributed by atoms with Crippen molar-refractivity contribution in [2.45, 2.75) is 32.2 Å². The predicted octanol–water partition coefficient (Wildman–Crippen LogP) is 4.43. The van der Waals surface area contributed by atoms with Crippen LogP contribution in [0.4, 0.5) is 13.2 Å². The van der Waals surface area contributed by atoms with Crippen molar-refractivity contribution in [2.24, 2.45) is 0 Å². The third-order valence-corrected chi connectivity index (χ3v) is 5.12. The molecule has 1 atom stereocenters. The fourth-order valence-electron chi connectivity index (χ4n) is 3.61. The van der Waals surface area contributed by atoms with E-state index in [1.54, 1.807) is 31.2 Å². The summed E-state index contributed by atoms with van der Waals surface area (Å²) in [5.74, 6) is 0.732. The second kappa shape index (κ2) is 8.02. The summed E-state index contributed by atoms with van der Waals surface area (Å²) in [4.78, 5) is 12.8. The number of hydrogen-bond donors (Lipinski definition) is 2.